The molecule has 2 aliphatic rings. The fourth-order valence-electron chi connectivity index (χ4n) is 4.32. The second-order valence-electron chi connectivity index (χ2n) is 8.97. The summed E-state index contributed by atoms with van der Waals surface area (Å²) in [5, 5.41) is 0. The first kappa shape index (κ1) is 25.3. The van der Waals surface area contributed by atoms with E-state index in [-0.39, 0.29) is 17.5 Å². The molecular formula is C28H27FN4O5. The number of nitrogens with zero attached hydrogens (tertiary/aromatic N) is 4. The lowest BCUT2D eigenvalue weighted by atomic mass is 10.2. The van der Waals surface area contributed by atoms with Crippen molar-refractivity contribution in [2.75, 3.05) is 37.6 Å². The Morgan fingerprint density at radius 3 is 2.34 bits per heavy atom. The maximum absolute atomic E-state index is 13.4. The number of fused-ring (bicyclic) bond motifs is 1. The lowest BCUT2D eigenvalue weighted by Crippen LogP contribution is -2.47. The van der Waals surface area contributed by atoms with Crippen molar-refractivity contribution in [1.82, 2.24) is 14.9 Å². The molecule has 2 aromatic carbocycles. The van der Waals surface area contributed by atoms with Crippen LogP contribution in [0, 0.1) is 12.7 Å². The van der Waals surface area contributed by atoms with E-state index in [4.69, 9.17) is 14.2 Å². The quantitative estimate of drug-likeness (QED) is 0.470. The van der Waals surface area contributed by atoms with Gasteiger partial charge in [-0.3, -0.25) is 4.90 Å². The molecule has 0 saturated carbocycles. The number of halogens is 1. The number of para-hydroxylation sites is 1. The first-order valence-electron chi connectivity index (χ1n) is 12.4. The van der Waals surface area contributed by atoms with Gasteiger partial charge in [0.1, 0.15) is 5.82 Å². The van der Waals surface area contributed by atoms with Gasteiger partial charge in [-0.15, -0.1) is 0 Å². The minimum atomic E-state index is -0.981. The van der Waals surface area contributed by atoms with Crippen molar-refractivity contribution in [3.63, 3.8) is 0 Å². The molecule has 3 heterocycles. The molecule has 9 nitrogen and oxygen atoms in total. The first-order valence-corrected chi connectivity index (χ1v) is 12.4. The average Bonchev–Trinajstić information content (AvgIpc) is 2.93. The predicted molar refractivity (Wildman–Crippen MR) is 137 cm³/mol. The molecule has 0 radical (unpaired) electrons. The topological polar surface area (TPSA) is 94.1 Å². The zero-order valence-electron chi connectivity index (χ0n) is 20.9. The monoisotopic (exact) mass is 518 g/mol. The molecular weight excluding hydrogens is 491 g/mol. The number of anilines is 1. The highest BCUT2D eigenvalue weighted by Gasteiger charge is 2.26. The maximum Gasteiger partial charge on any atom is 0.336 e. The number of aryl methyl sites for hydroxylation is 1. The molecule has 0 N–H and O–H groups in total. The van der Waals surface area contributed by atoms with Crippen molar-refractivity contribution in [3.05, 3.63) is 78.3 Å². The molecule has 1 atom stereocenters. The predicted octanol–water partition coefficient (Wildman–Crippen LogP) is 3.53. The van der Waals surface area contributed by atoms with Crippen LogP contribution in [0.4, 0.5) is 10.1 Å². The minimum absolute atomic E-state index is 0.0323. The second kappa shape index (κ2) is 11.4. The molecule has 1 fully saturated rings. The van der Waals surface area contributed by atoms with Crippen LogP contribution in [0.25, 0.3) is 11.4 Å². The third-order valence-corrected chi connectivity index (χ3v) is 6.33. The van der Waals surface area contributed by atoms with Crippen LogP contribution in [-0.4, -0.2) is 65.8 Å². The number of cyclic esters (lactones) is 1. The lowest BCUT2D eigenvalue weighted by Gasteiger charge is -2.36. The Labute approximate surface area is 219 Å². The molecule has 1 aromatic heterocycles. The van der Waals surface area contributed by atoms with Crippen LogP contribution in [0.15, 0.2) is 66.7 Å². The SMILES string of the molecule is Cc1nc(-c2ccc(F)cc2)nc2c1OC(=O)/C=C\C(=O)OC(CCN1CCN(c3ccccc3)CC1)O2. The normalized spacial score (nSPS) is 19.1. The molecule has 1 unspecified atom stereocenters. The Balaban J connectivity index is 1.32. The van der Waals surface area contributed by atoms with Crippen LogP contribution < -0.4 is 14.4 Å². The van der Waals surface area contributed by atoms with E-state index in [0.29, 0.717) is 24.2 Å². The largest absolute Gasteiger partial charge is 0.434 e. The van der Waals surface area contributed by atoms with E-state index in [1.165, 1.54) is 30.0 Å². The van der Waals surface area contributed by atoms with Crippen LogP contribution in [0.1, 0.15) is 12.1 Å². The molecule has 196 valence electrons. The van der Waals surface area contributed by atoms with E-state index in [9.17, 15) is 14.0 Å². The molecule has 0 bridgehead atoms. The summed E-state index contributed by atoms with van der Waals surface area (Å²) in [6.45, 7) is 5.72. The summed E-state index contributed by atoms with van der Waals surface area (Å²) in [4.78, 5) is 38.0. The number of esters is 2. The summed E-state index contributed by atoms with van der Waals surface area (Å²) in [6, 6.07) is 15.9. The fraction of sp³-hybridized carbons (Fsp3) is 0.286. The average molecular weight is 519 g/mol. The third kappa shape index (κ3) is 6.15. The van der Waals surface area contributed by atoms with Crippen LogP contribution in [0.2, 0.25) is 0 Å². The second-order valence-corrected chi connectivity index (χ2v) is 8.97. The van der Waals surface area contributed by atoms with Crippen LogP contribution >= 0.6 is 0 Å². The highest BCUT2D eigenvalue weighted by molar-refractivity contribution is 5.93. The van der Waals surface area contributed by atoms with Crippen LogP contribution in [0.3, 0.4) is 0 Å². The highest BCUT2D eigenvalue weighted by Crippen LogP contribution is 2.33. The van der Waals surface area contributed by atoms with E-state index >= 15 is 0 Å². The highest BCUT2D eigenvalue weighted by atomic mass is 19.1. The summed E-state index contributed by atoms with van der Waals surface area (Å²) in [5.41, 5.74) is 2.09. The molecule has 2 aliphatic heterocycles. The van der Waals surface area contributed by atoms with E-state index < -0.39 is 24.0 Å². The Morgan fingerprint density at radius 1 is 0.895 bits per heavy atom. The summed E-state index contributed by atoms with van der Waals surface area (Å²) >= 11 is 0. The fourth-order valence-corrected chi connectivity index (χ4v) is 4.32. The molecule has 38 heavy (non-hydrogen) atoms. The van der Waals surface area contributed by atoms with E-state index in [2.05, 4.69) is 31.9 Å². The Kier molecular flexibility index (Phi) is 7.60. The number of carbonyl (C=O) groups excluding carboxylic acids is 2. The zero-order chi connectivity index (χ0) is 26.5. The number of hydrogen-bond donors (Lipinski definition) is 0. The van der Waals surface area contributed by atoms with Gasteiger partial charge in [-0.2, -0.15) is 4.98 Å². The van der Waals surface area contributed by atoms with Crippen molar-refractivity contribution in [1.29, 1.82) is 0 Å². The van der Waals surface area contributed by atoms with Gasteiger partial charge in [0.05, 0.1) is 5.69 Å². The lowest BCUT2D eigenvalue weighted by molar-refractivity contribution is -0.160. The molecule has 10 heteroatoms. The standard InChI is InChI=1S/C28H27FN4O5/c1-19-26-28(31-27(30-19)20-7-9-21(29)10-8-20)38-25(36-23(34)11-12-24(35)37-26)13-14-32-15-17-33(18-16-32)22-5-3-2-4-6-22/h2-12,25H,13-18H2,1H3/b12-11-. The van der Waals surface area contributed by atoms with Crippen molar-refractivity contribution < 1.29 is 28.2 Å². The van der Waals surface area contributed by atoms with Gasteiger partial charge >= 0.3 is 11.9 Å². The first-order chi connectivity index (χ1) is 18.4. The summed E-state index contributed by atoms with van der Waals surface area (Å²) in [6.07, 6.45) is 1.38. The van der Waals surface area contributed by atoms with E-state index in [1.54, 1.807) is 6.92 Å². The number of piperazine rings is 1. The summed E-state index contributed by atoms with van der Waals surface area (Å²) < 4.78 is 30.4. The van der Waals surface area contributed by atoms with Crippen molar-refractivity contribution in [2.24, 2.45) is 0 Å². The maximum atomic E-state index is 13.4. The van der Waals surface area contributed by atoms with Gasteiger partial charge < -0.3 is 19.1 Å². The van der Waals surface area contributed by atoms with Gasteiger partial charge in [-0.25, -0.2) is 19.0 Å². The molecule has 3 aromatic rings. The smallest absolute Gasteiger partial charge is 0.336 e. The zero-order valence-corrected chi connectivity index (χ0v) is 20.9. The van der Waals surface area contributed by atoms with Gasteiger partial charge in [0.2, 0.25) is 12.0 Å². The van der Waals surface area contributed by atoms with Crippen LogP contribution in [0.5, 0.6) is 11.6 Å². The minimum Gasteiger partial charge on any atom is -0.434 e. The Morgan fingerprint density at radius 2 is 1.61 bits per heavy atom. The molecule has 1 saturated heterocycles. The molecule has 5 rings (SSSR count). The van der Waals surface area contributed by atoms with Gasteiger partial charge in [-0.05, 0) is 43.3 Å². The van der Waals surface area contributed by atoms with Crippen molar-refractivity contribution in [2.45, 2.75) is 19.6 Å². The molecule has 0 spiro atoms. The summed E-state index contributed by atoms with van der Waals surface area (Å²) in [7, 11) is 0. The number of benzene rings is 2. The molecule has 0 aliphatic carbocycles. The number of hydrogen-bond acceptors (Lipinski definition) is 9. The van der Waals surface area contributed by atoms with Gasteiger partial charge in [0, 0.05) is 62.5 Å². The number of ether oxygens (including phenoxy) is 3. The van der Waals surface area contributed by atoms with Gasteiger partial charge in [0.15, 0.2) is 5.82 Å². The Hall–Kier alpha value is -4.31. The molecule has 0 amide bonds. The Bertz CT molecular complexity index is 1330. The number of rotatable bonds is 5. The van der Waals surface area contributed by atoms with E-state index in [0.717, 1.165) is 38.3 Å². The van der Waals surface area contributed by atoms with Crippen molar-refractivity contribution in [3.8, 4) is 23.0 Å². The van der Waals surface area contributed by atoms with Crippen LogP contribution in [-0.2, 0) is 14.3 Å². The van der Waals surface area contributed by atoms with Crippen molar-refractivity contribution >= 4 is 17.6 Å². The number of aromatic nitrogens is 2. The van der Waals surface area contributed by atoms with Gasteiger partial charge in [-0.1, -0.05) is 18.2 Å². The third-order valence-electron chi connectivity index (χ3n) is 6.33. The van der Waals surface area contributed by atoms with Gasteiger partial charge in [0.25, 0.3) is 5.88 Å². The van der Waals surface area contributed by atoms with E-state index in [1.807, 2.05) is 18.2 Å². The summed E-state index contributed by atoms with van der Waals surface area (Å²) in [5.74, 6) is -1.65. The number of carbonyl (C=O) groups is 2.